The fourth-order valence-corrected chi connectivity index (χ4v) is 2.73. The second kappa shape index (κ2) is 5.45. The molecule has 2 aromatic heterocycles. The van der Waals surface area contributed by atoms with E-state index in [1.165, 1.54) is 12.8 Å². The number of aromatic nitrogens is 3. The molecule has 7 heteroatoms. The monoisotopic (exact) mass is 320 g/mol. The third kappa shape index (κ3) is 2.60. The third-order valence-corrected chi connectivity index (χ3v) is 4.08. The zero-order chi connectivity index (χ0) is 16.7. The molecule has 3 aromatic rings. The van der Waals surface area contributed by atoms with Crippen LogP contribution in [-0.2, 0) is 4.74 Å². The Kier molecular flexibility index (Phi) is 3.26. The zero-order valence-electron chi connectivity index (χ0n) is 12.8. The number of nitrogens with one attached hydrogen (secondary N) is 3. The van der Waals surface area contributed by atoms with Crippen molar-refractivity contribution in [3.63, 3.8) is 0 Å². The highest BCUT2D eigenvalue weighted by Gasteiger charge is 2.25. The summed E-state index contributed by atoms with van der Waals surface area (Å²) in [5.74, 6) is 0.379. The van der Waals surface area contributed by atoms with Gasteiger partial charge in [0.1, 0.15) is 0 Å². The van der Waals surface area contributed by atoms with Gasteiger partial charge >= 0.3 is 0 Å². The smallest absolute Gasteiger partial charge is 0.285 e. The molecule has 1 aliphatic rings. The minimum atomic E-state index is -0.502. The number of hydrogen-bond acceptors (Lipinski definition) is 5. The van der Waals surface area contributed by atoms with Crippen molar-refractivity contribution >= 4 is 22.8 Å². The Morgan fingerprint density at radius 1 is 1.25 bits per heavy atom. The van der Waals surface area contributed by atoms with Gasteiger partial charge in [-0.3, -0.25) is 15.8 Å². The van der Waals surface area contributed by atoms with Crippen molar-refractivity contribution in [2.75, 3.05) is 0 Å². The van der Waals surface area contributed by atoms with Crippen molar-refractivity contribution in [1.82, 2.24) is 15.0 Å². The fraction of sp³-hybridized carbons (Fsp3) is 0.176. The average Bonchev–Trinajstić information content (AvgIpc) is 3.33. The number of nitrogens with zero attached hydrogens (tertiary/aromatic N) is 2. The van der Waals surface area contributed by atoms with Gasteiger partial charge in [-0.05, 0) is 31.0 Å². The number of aromatic amines is 1. The molecule has 1 aromatic carbocycles. The summed E-state index contributed by atoms with van der Waals surface area (Å²) < 4.78 is 4.87. The van der Waals surface area contributed by atoms with Gasteiger partial charge in [-0.2, -0.15) is 0 Å². The molecule has 0 unspecified atom stereocenters. The number of fused-ring (bicyclic) bond motifs is 1. The fourth-order valence-electron chi connectivity index (χ4n) is 2.73. The SMILES string of the molecule is N=C(N)OC(=N)c1ccc2[nH]cc(-c3cncc(C4CC4)n3)c2c1. The van der Waals surface area contributed by atoms with Crippen LogP contribution in [0.1, 0.15) is 30.0 Å². The number of benzene rings is 1. The van der Waals surface area contributed by atoms with Gasteiger partial charge in [-0.1, -0.05) is 0 Å². The Hall–Kier alpha value is -3.22. The maximum absolute atomic E-state index is 7.88. The standard InChI is InChI=1S/C17H16N6O/c18-16(24-17(19)20)10-3-4-13-11(5-10)12(6-22-13)15-8-21-7-14(23-15)9-1-2-9/h3-9,18,22H,1-2H2,(H3,19,20). The van der Waals surface area contributed by atoms with Crippen molar-refractivity contribution < 1.29 is 4.74 Å². The topological polar surface area (TPSA) is 125 Å². The Morgan fingerprint density at radius 2 is 2.08 bits per heavy atom. The molecule has 2 heterocycles. The van der Waals surface area contributed by atoms with E-state index in [9.17, 15) is 0 Å². The average molecular weight is 320 g/mol. The van der Waals surface area contributed by atoms with Crippen molar-refractivity contribution in [2.45, 2.75) is 18.8 Å². The summed E-state index contributed by atoms with van der Waals surface area (Å²) >= 11 is 0. The number of amidine groups is 1. The Labute approximate surface area is 137 Å². The first kappa shape index (κ1) is 14.4. The normalized spacial score (nSPS) is 13.8. The molecule has 0 aliphatic heterocycles. The maximum atomic E-state index is 7.88. The molecule has 1 fully saturated rings. The molecule has 0 bridgehead atoms. The van der Waals surface area contributed by atoms with Crippen LogP contribution in [0.15, 0.2) is 36.8 Å². The lowest BCUT2D eigenvalue weighted by atomic mass is 10.1. The van der Waals surface area contributed by atoms with Crippen molar-refractivity contribution in [3.05, 3.63) is 48.0 Å². The van der Waals surface area contributed by atoms with Gasteiger partial charge in [0.05, 0.1) is 17.6 Å². The lowest BCUT2D eigenvalue weighted by Gasteiger charge is -2.06. The molecule has 24 heavy (non-hydrogen) atoms. The van der Waals surface area contributed by atoms with E-state index >= 15 is 0 Å². The van der Waals surface area contributed by atoms with Gasteiger partial charge in [0.25, 0.3) is 6.02 Å². The predicted octanol–water partition coefficient (Wildman–Crippen LogP) is 2.74. The van der Waals surface area contributed by atoms with E-state index in [0.717, 1.165) is 27.9 Å². The van der Waals surface area contributed by atoms with Crippen LogP contribution in [0.4, 0.5) is 0 Å². The molecule has 4 rings (SSSR count). The van der Waals surface area contributed by atoms with Crippen molar-refractivity contribution in [3.8, 4) is 11.3 Å². The zero-order valence-corrected chi connectivity index (χ0v) is 12.8. The Balaban J connectivity index is 1.77. The number of hydrogen-bond donors (Lipinski definition) is 4. The second-order valence-corrected chi connectivity index (χ2v) is 5.86. The summed E-state index contributed by atoms with van der Waals surface area (Å²) in [5.41, 5.74) is 9.44. The van der Waals surface area contributed by atoms with Crippen LogP contribution in [0.5, 0.6) is 0 Å². The second-order valence-electron chi connectivity index (χ2n) is 5.86. The largest absolute Gasteiger partial charge is 0.407 e. The third-order valence-electron chi connectivity index (χ3n) is 4.08. The lowest BCUT2D eigenvalue weighted by molar-refractivity contribution is 0.527. The molecular weight excluding hydrogens is 304 g/mol. The number of ether oxygens (including phenoxy) is 1. The highest BCUT2D eigenvalue weighted by atomic mass is 16.5. The molecule has 0 saturated heterocycles. The number of nitrogens with two attached hydrogens (primary N) is 1. The molecule has 0 atom stereocenters. The van der Waals surface area contributed by atoms with Crippen LogP contribution in [0.3, 0.4) is 0 Å². The van der Waals surface area contributed by atoms with Crippen LogP contribution < -0.4 is 5.73 Å². The maximum Gasteiger partial charge on any atom is 0.285 e. The molecule has 5 N–H and O–H groups in total. The molecule has 120 valence electrons. The lowest BCUT2D eigenvalue weighted by Crippen LogP contribution is -2.19. The van der Waals surface area contributed by atoms with Gasteiger partial charge < -0.3 is 15.5 Å². The minimum absolute atomic E-state index is 0.158. The molecule has 0 spiro atoms. The summed E-state index contributed by atoms with van der Waals surface area (Å²) in [4.78, 5) is 12.3. The summed E-state index contributed by atoms with van der Waals surface area (Å²) in [6.45, 7) is 0. The van der Waals surface area contributed by atoms with Gasteiger partial charge in [-0.15, -0.1) is 0 Å². The van der Waals surface area contributed by atoms with Crippen molar-refractivity contribution in [1.29, 1.82) is 10.8 Å². The van der Waals surface area contributed by atoms with Gasteiger partial charge in [0, 0.05) is 40.3 Å². The van der Waals surface area contributed by atoms with Gasteiger partial charge in [0.15, 0.2) is 0 Å². The van der Waals surface area contributed by atoms with E-state index in [2.05, 4.69) is 9.97 Å². The van der Waals surface area contributed by atoms with E-state index < -0.39 is 6.02 Å². The summed E-state index contributed by atoms with van der Waals surface area (Å²) in [7, 11) is 0. The van der Waals surface area contributed by atoms with E-state index in [1.807, 2.05) is 24.5 Å². The Morgan fingerprint density at radius 3 is 2.83 bits per heavy atom. The first-order chi connectivity index (χ1) is 11.6. The van der Waals surface area contributed by atoms with Gasteiger partial charge in [-0.25, -0.2) is 4.98 Å². The first-order valence-corrected chi connectivity index (χ1v) is 7.66. The van der Waals surface area contributed by atoms with Crippen LogP contribution in [0, 0.1) is 10.8 Å². The van der Waals surface area contributed by atoms with E-state index in [-0.39, 0.29) is 5.90 Å². The summed E-state index contributed by atoms with van der Waals surface area (Å²) in [6.07, 6.45) is 7.83. The highest BCUT2D eigenvalue weighted by Crippen LogP contribution is 2.39. The molecular formula is C17H16N6O. The summed E-state index contributed by atoms with van der Waals surface area (Å²) in [6, 6.07) is 4.94. The molecule has 1 aliphatic carbocycles. The van der Waals surface area contributed by atoms with Gasteiger partial charge in [0.2, 0.25) is 5.90 Å². The first-order valence-electron chi connectivity index (χ1n) is 7.66. The van der Waals surface area contributed by atoms with E-state index in [1.54, 1.807) is 12.3 Å². The van der Waals surface area contributed by atoms with E-state index in [4.69, 9.17) is 26.3 Å². The van der Waals surface area contributed by atoms with Crippen LogP contribution in [-0.4, -0.2) is 26.9 Å². The highest BCUT2D eigenvalue weighted by molar-refractivity contribution is 6.03. The van der Waals surface area contributed by atoms with Crippen LogP contribution in [0.2, 0.25) is 0 Å². The predicted molar refractivity (Wildman–Crippen MR) is 91.1 cm³/mol. The number of H-pyrrole nitrogens is 1. The molecule has 0 radical (unpaired) electrons. The van der Waals surface area contributed by atoms with Crippen LogP contribution in [0.25, 0.3) is 22.2 Å². The quantitative estimate of drug-likeness (QED) is 0.437. The van der Waals surface area contributed by atoms with Crippen LogP contribution >= 0.6 is 0 Å². The molecule has 1 saturated carbocycles. The minimum Gasteiger partial charge on any atom is -0.407 e. The van der Waals surface area contributed by atoms with E-state index in [0.29, 0.717) is 11.5 Å². The summed E-state index contributed by atoms with van der Waals surface area (Å²) in [5, 5.41) is 15.9. The number of rotatable bonds is 3. The molecule has 7 nitrogen and oxygen atoms in total. The van der Waals surface area contributed by atoms with Crippen molar-refractivity contribution in [2.24, 2.45) is 5.73 Å². The molecule has 0 amide bonds. The Bertz CT molecular complexity index is 957.